The predicted molar refractivity (Wildman–Crippen MR) is 67.0 cm³/mol. The van der Waals surface area contributed by atoms with Crippen LogP contribution in [0.5, 0.6) is 0 Å². The maximum Gasteiger partial charge on any atom is 0.0357 e. The first-order chi connectivity index (χ1) is 7.29. The number of hydrogen-bond acceptors (Lipinski definition) is 3. The zero-order chi connectivity index (χ0) is 10.7. The molecule has 3 N–H and O–H groups in total. The maximum absolute atomic E-state index is 5.89. The molecule has 2 rings (SSSR count). The van der Waals surface area contributed by atoms with Gasteiger partial charge in [0, 0.05) is 24.0 Å². The minimum Gasteiger partial charge on any atom is -0.323 e. The van der Waals surface area contributed by atoms with E-state index in [9.17, 15) is 0 Å². The first-order valence-electron chi connectivity index (χ1n) is 5.11. The summed E-state index contributed by atoms with van der Waals surface area (Å²) in [5, 5.41) is 3.32. The Bertz CT molecular complexity index is 374. The highest BCUT2D eigenvalue weighted by Crippen LogP contribution is 2.22. The van der Waals surface area contributed by atoms with Gasteiger partial charge in [0.25, 0.3) is 0 Å². The van der Waals surface area contributed by atoms with E-state index in [0.29, 0.717) is 0 Å². The van der Waals surface area contributed by atoms with Crippen molar-refractivity contribution in [2.75, 3.05) is 19.3 Å². The van der Waals surface area contributed by atoms with Crippen molar-refractivity contribution in [1.82, 2.24) is 5.32 Å². The Hall–Kier alpha value is -0.770. The molecule has 3 heteroatoms. The predicted octanol–water partition coefficient (Wildman–Crippen LogP) is 1.72. The molecule has 0 spiro atoms. The van der Waals surface area contributed by atoms with Gasteiger partial charge in [0.15, 0.2) is 0 Å². The standard InChI is InChI=1S/C12H16N2S/c1-15-12-4-2-3-9(6-12)10-5-11(13)8-14-7-10/h2-6,11,14H,7-8,13H2,1H3. The normalized spacial score (nSPS) is 21.2. The first kappa shape index (κ1) is 10.7. The van der Waals surface area contributed by atoms with Crippen LogP contribution in [0.15, 0.2) is 35.2 Å². The van der Waals surface area contributed by atoms with Crippen LogP contribution >= 0.6 is 11.8 Å². The van der Waals surface area contributed by atoms with E-state index in [1.165, 1.54) is 16.0 Å². The van der Waals surface area contributed by atoms with Crippen molar-refractivity contribution < 1.29 is 0 Å². The summed E-state index contributed by atoms with van der Waals surface area (Å²) in [6.45, 7) is 1.80. The number of benzene rings is 1. The Balaban J connectivity index is 2.28. The van der Waals surface area contributed by atoms with Gasteiger partial charge < -0.3 is 11.1 Å². The lowest BCUT2D eigenvalue weighted by Crippen LogP contribution is -2.37. The average Bonchev–Trinajstić information content (AvgIpc) is 2.29. The van der Waals surface area contributed by atoms with E-state index in [1.54, 1.807) is 11.8 Å². The van der Waals surface area contributed by atoms with Gasteiger partial charge in [0.1, 0.15) is 0 Å². The molecule has 0 radical (unpaired) electrons. The summed E-state index contributed by atoms with van der Waals surface area (Å²) < 4.78 is 0. The van der Waals surface area contributed by atoms with Crippen molar-refractivity contribution >= 4 is 17.3 Å². The molecule has 15 heavy (non-hydrogen) atoms. The second-order valence-electron chi connectivity index (χ2n) is 3.72. The molecule has 0 fully saturated rings. The molecular weight excluding hydrogens is 204 g/mol. The number of rotatable bonds is 2. The summed E-state index contributed by atoms with van der Waals surface area (Å²) in [6.07, 6.45) is 4.26. The van der Waals surface area contributed by atoms with Gasteiger partial charge in [-0.15, -0.1) is 11.8 Å². The van der Waals surface area contributed by atoms with E-state index < -0.39 is 0 Å². The zero-order valence-corrected chi connectivity index (χ0v) is 9.68. The van der Waals surface area contributed by atoms with Crippen LogP contribution in [0, 0.1) is 0 Å². The lowest BCUT2D eigenvalue weighted by molar-refractivity contribution is 0.663. The van der Waals surface area contributed by atoms with Crippen molar-refractivity contribution in [2.24, 2.45) is 5.73 Å². The summed E-state index contributed by atoms with van der Waals surface area (Å²) in [7, 11) is 0. The molecular formula is C12H16N2S. The number of hydrogen-bond donors (Lipinski definition) is 2. The van der Waals surface area contributed by atoms with Gasteiger partial charge in [-0.05, 0) is 29.5 Å². The van der Waals surface area contributed by atoms with Crippen LogP contribution in [0.2, 0.25) is 0 Å². The van der Waals surface area contributed by atoms with Crippen molar-refractivity contribution in [3.05, 3.63) is 35.9 Å². The van der Waals surface area contributed by atoms with Gasteiger partial charge >= 0.3 is 0 Å². The SMILES string of the molecule is CSc1cccc(C2=CC(N)CNC2)c1. The summed E-state index contributed by atoms with van der Waals surface area (Å²) in [5.41, 5.74) is 8.48. The van der Waals surface area contributed by atoms with E-state index in [2.05, 4.69) is 41.9 Å². The third-order valence-electron chi connectivity index (χ3n) is 2.55. The van der Waals surface area contributed by atoms with Crippen LogP contribution in [-0.2, 0) is 0 Å². The Morgan fingerprint density at radius 1 is 1.47 bits per heavy atom. The first-order valence-corrected chi connectivity index (χ1v) is 6.33. The van der Waals surface area contributed by atoms with Gasteiger partial charge in [0.05, 0.1) is 0 Å². The van der Waals surface area contributed by atoms with Crippen LogP contribution in [0.4, 0.5) is 0 Å². The fraction of sp³-hybridized carbons (Fsp3) is 0.333. The lowest BCUT2D eigenvalue weighted by Gasteiger charge is -2.19. The Labute approximate surface area is 94.9 Å². The molecule has 0 aliphatic carbocycles. The van der Waals surface area contributed by atoms with E-state index in [-0.39, 0.29) is 6.04 Å². The molecule has 0 bridgehead atoms. The van der Waals surface area contributed by atoms with Gasteiger partial charge in [0.2, 0.25) is 0 Å². The highest BCUT2D eigenvalue weighted by Gasteiger charge is 2.10. The smallest absolute Gasteiger partial charge is 0.0357 e. The van der Waals surface area contributed by atoms with E-state index in [1.807, 2.05) is 0 Å². The molecule has 1 aromatic rings. The highest BCUT2D eigenvalue weighted by molar-refractivity contribution is 7.98. The molecule has 1 atom stereocenters. The quantitative estimate of drug-likeness (QED) is 0.745. The van der Waals surface area contributed by atoms with Crippen LogP contribution in [0.1, 0.15) is 5.56 Å². The van der Waals surface area contributed by atoms with Crippen LogP contribution < -0.4 is 11.1 Å². The highest BCUT2D eigenvalue weighted by atomic mass is 32.2. The van der Waals surface area contributed by atoms with Gasteiger partial charge in [-0.3, -0.25) is 0 Å². The number of thioether (sulfide) groups is 1. The fourth-order valence-corrected chi connectivity index (χ4v) is 2.23. The summed E-state index contributed by atoms with van der Waals surface area (Å²) in [5.74, 6) is 0. The van der Waals surface area contributed by atoms with Crippen molar-refractivity contribution in [1.29, 1.82) is 0 Å². The van der Waals surface area contributed by atoms with Crippen LogP contribution in [0.3, 0.4) is 0 Å². The Morgan fingerprint density at radius 3 is 3.07 bits per heavy atom. The molecule has 1 aliphatic heterocycles. The molecule has 2 nitrogen and oxygen atoms in total. The summed E-state index contributed by atoms with van der Waals surface area (Å²) in [6, 6.07) is 8.74. The molecule has 1 aromatic carbocycles. The minimum absolute atomic E-state index is 0.145. The fourth-order valence-electron chi connectivity index (χ4n) is 1.77. The number of nitrogens with one attached hydrogen (secondary N) is 1. The molecule has 0 aromatic heterocycles. The van der Waals surface area contributed by atoms with Crippen molar-refractivity contribution in [3.8, 4) is 0 Å². The minimum atomic E-state index is 0.145. The molecule has 1 aliphatic rings. The van der Waals surface area contributed by atoms with Gasteiger partial charge in [-0.2, -0.15) is 0 Å². The lowest BCUT2D eigenvalue weighted by atomic mass is 10.0. The number of nitrogens with two attached hydrogens (primary N) is 1. The van der Waals surface area contributed by atoms with Crippen LogP contribution in [-0.4, -0.2) is 25.4 Å². The van der Waals surface area contributed by atoms with E-state index in [0.717, 1.165) is 13.1 Å². The Morgan fingerprint density at radius 2 is 2.33 bits per heavy atom. The van der Waals surface area contributed by atoms with E-state index >= 15 is 0 Å². The third-order valence-corrected chi connectivity index (χ3v) is 3.28. The van der Waals surface area contributed by atoms with Gasteiger partial charge in [-0.25, -0.2) is 0 Å². The molecule has 0 saturated carbocycles. The Kier molecular flexibility index (Phi) is 3.46. The largest absolute Gasteiger partial charge is 0.323 e. The molecule has 80 valence electrons. The average molecular weight is 220 g/mol. The molecule has 0 saturated heterocycles. The summed E-state index contributed by atoms with van der Waals surface area (Å²) in [4.78, 5) is 1.30. The molecule has 1 heterocycles. The molecule has 0 amide bonds. The second kappa shape index (κ2) is 4.84. The second-order valence-corrected chi connectivity index (χ2v) is 4.60. The topological polar surface area (TPSA) is 38.0 Å². The van der Waals surface area contributed by atoms with Crippen molar-refractivity contribution in [3.63, 3.8) is 0 Å². The monoisotopic (exact) mass is 220 g/mol. The van der Waals surface area contributed by atoms with Gasteiger partial charge in [-0.1, -0.05) is 18.2 Å². The zero-order valence-electron chi connectivity index (χ0n) is 8.86. The summed E-state index contributed by atoms with van der Waals surface area (Å²) >= 11 is 1.77. The van der Waals surface area contributed by atoms with E-state index in [4.69, 9.17) is 5.73 Å². The molecule has 1 unspecified atom stereocenters. The van der Waals surface area contributed by atoms with Crippen molar-refractivity contribution in [2.45, 2.75) is 10.9 Å². The maximum atomic E-state index is 5.89. The third kappa shape index (κ3) is 2.62. The van der Waals surface area contributed by atoms with Crippen LogP contribution in [0.25, 0.3) is 5.57 Å².